The lowest BCUT2D eigenvalue weighted by molar-refractivity contribution is -0.145. The van der Waals surface area contributed by atoms with E-state index in [1.807, 2.05) is 0 Å². The highest BCUT2D eigenvalue weighted by molar-refractivity contribution is 5.93. The molecule has 2 N–H and O–H groups in total. The molecule has 0 spiro atoms. The third-order valence-electron chi connectivity index (χ3n) is 5.74. The molecule has 1 heterocycles. The fourth-order valence-electron chi connectivity index (χ4n) is 3.98. The number of unbranched alkanes of at least 4 members (excludes halogenated alkanes) is 3. The number of hydrogen-bond acceptors (Lipinski definition) is 9. The molecule has 36 heavy (non-hydrogen) atoms. The SMILES string of the molecule is CCCCCCc1c(-c2ccc(O)c(O)c2)oc2c(OC)c(OC)cc(OCC(=O)OCC)c2c1=O. The van der Waals surface area contributed by atoms with Crippen LogP contribution in [0.1, 0.15) is 45.1 Å². The molecule has 2 aromatic carbocycles. The van der Waals surface area contributed by atoms with Crippen molar-refractivity contribution in [2.45, 2.75) is 46.0 Å². The molecule has 9 nitrogen and oxygen atoms in total. The lowest BCUT2D eigenvalue weighted by Crippen LogP contribution is -2.17. The van der Waals surface area contributed by atoms with E-state index in [4.69, 9.17) is 23.4 Å². The zero-order valence-electron chi connectivity index (χ0n) is 21.0. The van der Waals surface area contributed by atoms with Crippen LogP contribution in [-0.4, -0.2) is 43.6 Å². The number of carbonyl (C=O) groups excluding carboxylic acids is 1. The third kappa shape index (κ3) is 5.67. The molecule has 0 bridgehead atoms. The van der Waals surface area contributed by atoms with Crippen molar-refractivity contribution < 1.29 is 38.4 Å². The number of esters is 1. The van der Waals surface area contributed by atoms with Crippen LogP contribution in [0.5, 0.6) is 28.7 Å². The molecule has 194 valence electrons. The fourth-order valence-corrected chi connectivity index (χ4v) is 3.98. The molecule has 0 saturated carbocycles. The average molecular weight is 501 g/mol. The summed E-state index contributed by atoms with van der Waals surface area (Å²) in [6.07, 6.45) is 4.14. The van der Waals surface area contributed by atoms with Crippen molar-refractivity contribution in [1.29, 1.82) is 0 Å². The summed E-state index contributed by atoms with van der Waals surface area (Å²) in [5.74, 6) is -0.469. The maximum absolute atomic E-state index is 13.9. The van der Waals surface area contributed by atoms with Gasteiger partial charge in [-0.15, -0.1) is 0 Å². The van der Waals surface area contributed by atoms with Crippen LogP contribution >= 0.6 is 0 Å². The second-order valence-corrected chi connectivity index (χ2v) is 8.16. The van der Waals surface area contributed by atoms with Crippen molar-refractivity contribution in [1.82, 2.24) is 0 Å². The van der Waals surface area contributed by atoms with Crippen molar-refractivity contribution in [3.63, 3.8) is 0 Å². The predicted molar refractivity (Wildman–Crippen MR) is 134 cm³/mol. The molecule has 0 fully saturated rings. The van der Waals surface area contributed by atoms with Gasteiger partial charge in [-0.05, 0) is 38.0 Å². The number of fused-ring (bicyclic) bond motifs is 1. The number of methoxy groups -OCH3 is 2. The molecule has 9 heteroatoms. The van der Waals surface area contributed by atoms with E-state index in [0.29, 0.717) is 17.5 Å². The zero-order valence-corrected chi connectivity index (χ0v) is 21.0. The van der Waals surface area contributed by atoms with E-state index in [2.05, 4.69) is 6.92 Å². The highest BCUT2D eigenvalue weighted by Crippen LogP contribution is 2.43. The summed E-state index contributed by atoms with van der Waals surface area (Å²) in [5.41, 5.74) is 0.515. The molecule has 0 unspecified atom stereocenters. The van der Waals surface area contributed by atoms with Crippen LogP contribution in [0.25, 0.3) is 22.3 Å². The summed E-state index contributed by atoms with van der Waals surface area (Å²) in [6.45, 7) is 3.58. The molecule has 0 atom stereocenters. The van der Waals surface area contributed by atoms with Crippen molar-refractivity contribution >= 4 is 16.9 Å². The van der Waals surface area contributed by atoms with Crippen molar-refractivity contribution in [2.24, 2.45) is 0 Å². The van der Waals surface area contributed by atoms with Gasteiger partial charge >= 0.3 is 5.97 Å². The first-order chi connectivity index (χ1) is 17.4. The van der Waals surface area contributed by atoms with Crippen LogP contribution < -0.4 is 19.6 Å². The number of benzene rings is 2. The Morgan fingerprint density at radius 1 is 0.972 bits per heavy atom. The largest absolute Gasteiger partial charge is 0.504 e. The molecular weight excluding hydrogens is 468 g/mol. The lowest BCUT2D eigenvalue weighted by Gasteiger charge is -2.17. The van der Waals surface area contributed by atoms with E-state index in [9.17, 15) is 19.8 Å². The molecule has 0 aliphatic heterocycles. The predicted octanol–water partition coefficient (Wildman–Crippen LogP) is 4.95. The van der Waals surface area contributed by atoms with E-state index in [1.54, 1.807) is 13.0 Å². The number of phenols is 2. The van der Waals surface area contributed by atoms with Crippen molar-refractivity contribution in [3.05, 3.63) is 40.1 Å². The maximum atomic E-state index is 13.9. The summed E-state index contributed by atoms with van der Waals surface area (Å²) in [4.78, 5) is 25.9. The van der Waals surface area contributed by atoms with E-state index in [0.717, 1.165) is 25.7 Å². The first-order valence-corrected chi connectivity index (χ1v) is 11.9. The van der Waals surface area contributed by atoms with Gasteiger partial charge in [0.05, 0.1) is 20.8 Å². The second-order valence-electron chi connectivity index (χ2n) is 8.16. The zero-order chi connectivity index (χ0) is 26.2. The van der Waals surface area contributed by atoms with Crippen LogP contribution in [0, 0.1) is 0 Å². The molecule has 1 aromatic heterocycles. The normalized spacial score (nSPS) is 10.9. The Balaban J connectivity index is 2.29. The van der Waals surface area contributed by atoms with Gasteiger partial charge in [0.15, 0.2) is 34.9 Å². The Hall–Kier alpha value is -3.88. The highest BCUT2D eigenvalue weighted by atomic mass is 16.6. The second kappa shape index (κ2) is 12.2. The quantitative estimate of drug-likeness (QED) is 0.202. The highest BCUT2D eigenvalue weighted by Gasteiger charge is 2.25. The monoisotopic (exact) mass is 500 g/mol. The molecule has 0 saturated heterocycles. The number of carbonyl (C=O) groups is 1. The van der Waals surface area contributed by atoms with Gasteiger partial charge < -0.3 is 33.6 Å². The summed E-state index contributed by atoms with van der Waals surface area (Å²) < 4.78 is 27.9. The van der Waals surface area contributed by atoms with Gasteiger partial charge in [-0.2, -0.15) is 0 Å². The van der Waals surface area contributed by atoms with E-state index >= 15 is 0 Å². The van der Waals surface area contributed by atoms with E-state index in [-0.39, 0.29) is 57.5 Å². The maximum Gasteiger partial charge on any atom is 0.344 e. The smallest absolute Gasteiger partial charge is 0.344 e. The van der Waals surface area contributed by atoms with Crippen LogP contribution in [0.15, 0.2) is 33.5 Å². The summed E-state index contributed by atoms with van der Waals surface area (Å²) in [7, 11) is 2.85. The van der Waals surface area contributed by atoms with Crippen molar-refractivity contribution in [2.75, 3.05) is 27.4 Å². The van der Waals surface area contributed by atoms with Gasteiger partial charge in [0, 0.05) is 17.2 Å². The Morgan fingerprint density at radius 2 is 1.75 bits per heavy atom. The third-order valence-corrected chi connectivity index (χ3v) is 5.74. The minimum Gasteiger partial charge on any atom is -0.504 e. The van der Waals surface area contributed by atoms with Gasteiger partial charge in [-0.25, -0.2) is 4.79 Å². The van der Waals surface area contributed by atoms with Crippen molar-refractivity contribution in [3.8, 4) is 40.1 Å². The Morgan fingerprint density at radius 3 is 2.39 bits per heavy atom. The molecule has 0 radical (unpaired) electrons. The Bertz CT molecular complexity index is 1280. The molecule has 3 aromatic rings. The Kier molecular flexibility index (Phi) is 9.05. The van der Waals surface area contributed by atoms with E-state index < -0.39 is 12.6 Å². The number of aromatic hydroxyl groups is 2. The summed E-state index contributed by atoms with van der Waals surface area (Å²) >= 11 is 0. The van der Waals surface area contributed by atoms with Crippen LogP contribution in [0.4, 0.5) is 0 Å². The molecule has 0 aliphatic rings. The molecular formula is C27H32O9. The molecule has 3 rings (SSSR count). The standard InChI is InChI=1S/C27H32O9/c1-5-7-8-9-10-17-24(31)23-20(35-15-22(30)34-6-2)14-21(32-3)26(33-4)27(23)36-25(17)16-11-12-18(28)19(29)13-16/h11-14,28-29H,5-10,15H2,1-4H3. The number of rotatable bonds is 12. The number of hydrogen-bond donors (Lipinski definition) is 2. The van der Waals surface area contributed by atoms with Gasteiger partial charge in [-0.3, -0.25) is 4.79 Å². The van der Waals surface area contributed by atoms with Gasteiger partial charge in [0.25, 0.3) is 0 Å². The Labute approximate surface area is 209 Å². The fraction of sp³-hybridized carbons (Fsp3) is 0.407. The lowest BCUT2D eigenvalue weighted by atomic mass is 9.98. The van der Waals surface area contributed by atoms with Crippen LogP contribution in [0.2, 0.25) is 0 Å². The first-order valence-electron chi connectivity index (χ1n) is 11.9. The van der Waals surface area contributed by atoms with Crippen LogP contribution in [0.3, 0.4) is 0 Å². The number of phenolic OH excluding ortho intramolecular Hbond substituents is 2. The first kappa shape index (κ1) is 26.7. The molecule has 0 amide bonds. The molecule has 0 aliphatic carbocycles. The van der Waals surface area contributed by atoms with Gasteiger partial charge in [0.2, 0.25) is 5.75 Å². The minimum absolute atomic E-state index is 0.0700. The van der Waals surface area contributed by atoms with Gasteiger partial charge in [0.1, 0.15) is 16.9 Å². The number of ether oxygens (including phenoxy) is 4. The average Bonchev–Trinajstić information content (AvgIpc) is 2.87. The summed E-state index contributed by atoms with van der Waals surface area (Å²) in [5, 5.41) is 20.0. The summed E-state index contributed by atoms with van der Waals surface area (Å²) in [6, 6.07) is 5.69. The topological polar surface area (TPSA) is 125 Å². The van der Waals surface area contributed by atoms with Crippen LogP contribution in [-0.2, 0) is 16.0 Å². The van der Waals surface area contributed by atoms with Gasteiger partial charge in [-0.1, -0.05) is 26.2 Å². The minimum atomic E-state index is -0.583. The van der Waals surface area contributed by atoms with E-state index in [1.165, 1.54) is 32.4 Å².